The van der Waals surface area contributed by atoms with Gasteiger partial charge in [-0.15, -0.1) is 0 Å². The molecular weight excluding hydrogens is 380 g/mol. The number of allylic oxidation sites excluding steroid dienone is 1. The van der Waals surface area contributed by atoms with Crippen LogP contribution in [0.1, 0.15) is 73.6 Å². The molecule has 4 nitrogen and oxygen atoms in total. The Bertz CT molecular complexity index is 776. The van der Waals surface area contributed by atoms with E-state index in [1.54, 1.807) is 0 Å². The molecule has 2 heterocycles. The van der Waals surface area contributed by atoms with Crippen molar-refractivity contribution in [2.75, 3.05) is 0 Å². The third-order valence-corrected chi connectivity index (χ3v) is 13.6. The van der Waals surface area contributed by atoms with Gasteiger partial charge in [0.2, 0.25) is 5.79 Å². The number of hydrogen-bond donors (Lipinski definition) is 2. The van der Waals surface area contributed by atoms with Crippen molar-refractivity contribution in [3.63, 3.8) is 0 Å². The molecule has 1 saturated carbocycles. The van der Waals surface area contributed by atoms with Crippen LogP contribution < -0.4 is 0 Å². The zero-order valence-electron chi connectivity index (χ0n) is 19.6. The van der Waals surface area contributed by atoms with Gasteiger partial charge < -0.3 is 19.4 Å². The SMILES string of the molecule is CC1=CC[C@H]2[C@@H](O[Si](C)(C)C(C)(C)C)[C@@]34CCCCC3=C[C@](O)(O4)[C@]1(O)C2(C)C. The zero-order valence-corrected chi connectivity index (χ0v) is 20.6. The maximum atomic E-state index is 12.1. The first-order valence-corrected chi connectivity index (χ1v) is 14.3. The Morgan fingerprint density at radius 3 is 2.45 bits per heavy atom. The number of ether oxygens (including phenoxy) is 1. The van der Waals surface area contributed by atoms with E-state index >= 15 is 0 Å². The van der Waals surface area contributed by atoms with Crippen LogP contribution in [0.25, 0.3) is 0 Å². The van der Waals surface area contributed by atoms with E-state index in [9.17, 15) is 10.2 Å². The lowest BCUT2D eigenvalue weighted by molar-refractivity contribution is -0.300. The van der Waals surface area contributed by atoms with Crippen molar-refractivity contribution in [2.24, 2.45) is 11.3 Å². The van der Waals surface area contributed by atoms with Crippen LogP contribution in [-0.2, 0) is 9.16 Å². The number of hydrogen-bond acceptors (Lipinski definition) is 4. The van der Waals surface area contributed by atoms with E-state index in [0.717, 1.165) is 43.3 Å². The summed E-state index contributed by atoms with van der Waals surface area (Å²) in [5.41, 5.74) is -0.737. The Kier molecular flexibility index (Phi) is 4.55. The number of aliphatic hydroxyl groups is 2. The molecule has 0 aromatic carbocycles. The molecule has 2 aliphatic heterocycles. The molecule has 0 radical (unpaired) electrons. The topological polar surface area (TPSA) is 58.9 Å². The van der Waals surface area contributed by atoms with Crippen LogP contribution in [0.3, 0.4) is 0 Å². The minimum Gasteiger partial charge on any atom is -0.410 e. The predicted molar refractivity (Wildman–Crippen MR) is 118 cm³/mol. The van der Waals surface area contributed by atoms with Gasteiger partial charge in [-0.05, 0) is 80.3 Å². The Labute approximate surface area is 177 Å². The van der Waals surface area contributed by atoms with Crippen LogP contribution in [0.2, 0.25) is 18.1 Å². The molecule has 4 bridgehead atoms. The predicted octanol–water partition coefficient (Wildman–Crippen LogP) is 5.07. The molecule has 5 heteroatoms. The van der Waals surface area contributed by atoms with Gasteiger partial charge in [0.15, 0.2) is 8.32 Å². The van der Waals surface area contributed by atoms with Gasteiger partial charge in [-0.2, -0.15) is 0 Å². The Balaban J connectivity index is 1.95. The second-order valence-electron chi connectivity index (χ2n) is 12.0. The molecule has 1 spiro atoms. The fourth-order valence-electron chi connectivity index (χ4n) is 6.26. The van der Waals surface area contributed by atoms with Crippen LogP contribution in [-0.4, -0.2) is 41.6 Å². The molecule has 29 heavy (non-hydrogen) atoms. The first-order chi connectivity index (χ1) is 13.1. The molecule has 0 amide bonds. The van der Waals surface area contributed by atoms with Gasteiger partial charge in [-0.3, -0.25) is 0 Å². The van der Waals surface area contributed by atoms with Crippen LogP contribution in [0.15, 0.2) is 23.3 Å². The number of rotatable bonds is 2. The van der Waals surface area contributed by atoms with Gasteiger partial charge in [0.1, 0.15) is 11.2 Å². The molecule has 2 fully saturated rings. The zero-order chi connectivity index (χ0) is 21.7. The van der Waals surface area contributed by atoms with E-state index in [-0.39, 0.29) is 17.1 Å². The summed E-state index contributed by atoms with van der Waals surface area (Å²) < 4.78 is 13.8. The molecular formula is C24H40O4Si. The van der Waals surface area contributed by atoms with E-state index < -0.39 is 30.7 Å². The lowest BCUT2D eigenvalue weighted by atomic mass is 9.53. The molecule has 2 N–H and O–H groups in total. The largest absolute Gasteiger partial charge is 0.410 e. The molecule has 4 rings (SSSR count). The maximum Gasteiger partial charge on any atom is 0.220 e. The van der Waals surface area contributed by atoms with Crippen molar-refractivity contribution < 1.29 is 19.4 Å². The van der Waals surface area contributed by atoms with E-state index in [1.807, 2.05) is 13.0 Å². The summed E-state index contributed by atoms with van der Waals surface area (Å²) >= 11 is 0. The van der Waals surface area contributed by atoms with Crippen molar-refractivity contribution in [2.45, 2.75) is 115 Å². The summed E-state index contributed by atoms with van der Waals surface area (Å²) in [6.07, 6.45) is 8.55. The first-order valence-electron chi connectivity index (χ1n) is 11.3. The fourth-order valence-corrected chi connectivity index (χ4v) is 7.60. The molecule has 0 aromatic rings. The summed E-state index contributed by atoms with van der Waals surface area (Å²) in [5.74, 6) is -1.64. The van der Waals surface area contributed by atoms with Crippen LogP contribution in [0, 0.1) is 11.3 Å². The van der Waals surface area contributed by atoms with E-state index in [2.05, 4.69) is 53.8 Å². The van der Waals surface area contributed by atoms with Gasteiger partial charge in [0.05, 0.1) is 6.10 Å². The summed E-state index contributed by atoms with van der Waals surface area (Å²) in [4.78, 5) is 0. The smallest absolute Gasteiger partial charge is 0.220 e. The Hall–Kier alpha value is -0.463. The average Bonchev–Trinajstić information content (AvgIpc) is 2.90. The summed E-state index contributed by atoms with van der Waals surface area (Å²) in [6, 6.07) is 0. The lowest BCUT2D eigenvalue weighted by Crippen LogP contribution is -2.65. The number of fused-ring (bicyclic) bond motifs is 4. The van der Waals surface area contributed by atoms with Gasteiger partial charge in [-0.25, -0.2) is 0 Å². The quantitative estimate of drug-likeness (QED) is 0.483. The van der Waals surface area contributed by atoms with Gasteiger partial charge in [0.25, 0.3) is 0 Å². The molecule has 0 unspecified atom stereocenters. The molecule has 0 aromatic heterocycles. The third-order valence-electron chi connectivity index (χ3n) is 9.17. The van der Waals surface area contributed by atoms with Gasteiger partial charge >= 0.3 is 0 Å². The third kappa shape index (κ3) is 2.57. The highest BCUT2D eigenvalue weighted by atomic mass is 28.4. The standard InChI is InChI=1S/C24H40O4Si/c1-16-12-13-18-19(27-29(7,8)20(2,3)4)22-14-10-9-11-17(22)15-23(25,28-22)24(16,26)21(18,5)6/h12,15,18-19,25-26H,9-11,13-14H2,1-8H3/t18-,19+,22+,23-,24+/m0/s1. The summed E-state index contributed by atoms with van der Waals surface area (Å²) in [5, 5.41) is 24.0. The fraction of sp³-hybridized carbons (Fsp3) is 0.833. The first kappa shape index (κ1) is 21.8. The van der Waals surface area contributed by atoms with Crippen LogP contribution >= 0.6 is 0 Å². The molecule has 2 aliphatic carbocycles. The lowest BCUT2D eigenvalue weighted by Gasteiger charge is -2.56. The highest BCUT2D eigenvalue weighted by Crippen LogP contribution is 2.66. The van der Waals surface area contributed by atoms with E-state index in [1.165, 1.54) is 0 Å². The van der Waals surface area contributed by atoms with Crippen LogP contribution in [0.4, 0.5) is 0 Å². The van der Waals surface area contributed by atoms with Crippen molar-refractivity contribution in [3.05, 3.63) is 23.3 Å². The monoisotopic (exact) mass is 420 g/mol. The van der Waals surface area contributed by atoms with Crippen molar-refractivity contribution in [1.82, 2.24) is 0 Å². The highest BCUT2D eigenvalue weighted by molar-refractivity contribution is 6.74. The van der Waals surface area contributed by atoms with E-state index in [0.29, 0.717) is 0 Å². The Morgan fingerprint density at radius 1 is 1.17 bits per heavy atom. The maximum absolute atomic E-state index is 12.1. The van der Waals surface area contributed by atoms with Crippen molar-refractivity contribution in [3.8, 4) is 0 Å². The van der Waals surface area contributed by atoms with Crippen LogP contribution in [0.5, 0.6) is 0 Å². The van der Waals surface area contributed by atoms with Gasteiger partial charge in [0, 0.05) is 5.41 Å². The van der Waals surface area contributed by atoms with E-state index in [4.69, 9.17) is 9.16 Å². The molecule has 4 aliphatic rings. The van der Waals surface area contributed by atoms with Crippen molar-refractivity contribution >= 4 is 8.32 Å². The Morgan fingerprint density at radius 2 is 1.83 bits per heavy atom. The second kappa shape index (κ2) is 6.07. The summed E-state index contributed by atoms with van der Waals surface area (Å²) in [6.45, 7) is 17.5. The minimum absolute atomic E-state index is 0.0705. The highest BCUT2D eigenvalue weighted by Gasteiger charge is 2.74. The second-order valence-corrected chi connectivity index (χ2v) is 16.8. The molecule has 164 valence electrons. The normalized spacial score (nSPS) is 43.9. The minimum atomic E-state index is -2.11. The molecule has 1 saturated heterocycles. The van der Waals surface area contributed by atoms with Crippen molar-refractivity contribution in [1.29, 1.82) is 0 Å². The average molecular weight is 421 g/mol. The molecule has 5 atom stereocenters. The summed E-state index contributed by atoms with van der Waals surface area (Å²) in [7, 11) is -2.11. The van der Waals surface area contributed by atoms with Gasteiger partial charge in [-0.1, -0.05) is 40.7 Å².